The maximum atomic E-state index is 5.99. The van der Waals surface area contributed by atoms with Crippen LogP contribution in [0, 0.1) is 5.92 Å². The number of nitrogens with one attached hydrogen (secondary N) is 1. The van der Waals surface area contributed by atoms with Crippen molar-refractivity contribution in [2.45, 2.75) is 38.1 Å². The number of benzene rings is 1. The van der Waals surface area contributed by atoms with Crippen molar-refractivity contribution in [1.82, 2.24) is 0 Å². The SMILES string of the molecule is CCC1CCC(CN)(Nc2ccc(Br)cc2)C1. The topological polar surface area (TPSA) is 38.0 Å². The summed E-state index contributed by atoms with van der Waals surface area (Å²) in [5.41, 5.74) is 7.29. The predicted octanol–water partition coefficient (Wildman–Crippen LogP) is 3.77. The molecule has 94 valence electrons. The van der Waals surface area contributed by atoms with Gasteiger partial charge in [-0.3, -0.25) is 0 Å². The lowest BCUT2D eigenvalue weighted by molar-refractivity contribution is 0.450. The Morgan fingerprint density at radius 2 is 2.12 bits per heavy atom. The summed E-state index contributed by atoms with van der Waals surface area (Å²) in [6, 6.07) is 8.36. The molecule has 0 aromatic heterocycles. The second kappa shape index (κ2) is 5.40. The molecule has 2 nitrogen and oxygen atoms in total. The summed E-state index contributed by atoms with van der Waals surface area (Å²) >= 11 is 3.46. The molecule has 2 atom stereocenters. The highest BCUT2D eigenvalue weighted by molar-refractivity contribution is 9.10. The van der Waals surface area contributed by atoms with Crippen molar-refractivity contribution in [3.63, 3.8) is 0 Å². The Morgan fingerprint density at radius 3 is 2.65 bits per heavy atom. The number of halogens is 1. The molecule has 3 N–H and O–H groups in total. The fourth-order valence-electron chi connectivity index (χ4n) is 2.77. The largest absolute Gasteiger partial charge is 0.378 e. The van der Waals surface area contributed by atoms with Crippen LogP contribution in [0.2, 0.25) is 0 Å². The number of nitrogens with two attached hydrogens (primary N) is 1. The second-order valence-electron chi connectivity index (χ2n) is 5.13. The van der Waals surface area contributed by atoms with Gasteiger partial charge < -0.3 is 11.1 Å². The summed E-state index contributed by atoms with van der Waals surface area (Å²) in [6.45, 7) is 3.00. The molecule has 0 saturated heterocycles. The van der Waals surface area contributed by atoms with Gasteiger partial charge in [-0.15, -0.1) is 0 Å². The Kier molecular flexibility index (Phi) is 4.10. The summed E-state index contributed by atoms with van der Waals surface area (Å²) in [5.74, 6) is 0.835. The Bertz CT molecular complexity index is 363. The molecule has 3 heteroatoms. The summed E-state index contributed by atoms with van der Waals surface area (Å²) in [6.07, 6.45) is 4.97. The van der Waals surface area contributed by atoms with Gasteiger partial charge in [-0.1, -0.05) is 29.3 Å². The highest BCUT2D eigenvalue weighted by Crippen LogP contribution is 2.38. The first-order chi connectivity index (χ1) is 8.17. The van der Waals surface area contributed by atoms with Crippen molar-refractivity contribution >= 4 is 21.6 Å². The molecule has 17 heavy (non-hydrogen) atoms. The van der Waals surface area contributed by atoms with E-state index in [4.69, 9.17) is 5.73 Å². The van der Waals surface area contributed by atoms with Crippen LogP contribution in [0.4, 0.5) is 5.69 Å². The van der Waals surface area contributed by atoms with Crippen LogP contribution in [-0.2, 0) is 0 Å². The van der Waals surface area contributed by atoms with Gasteiger partial charge in [0.1, 0.15) is 0 Å². The van der Waals surface area contributed by atoms with Crippen LogP contribution >= 0.6 is 15.9 Å². The van der Waals surface area contributed by atoms with Crippen molar-refractivity contribution in [2.24, 2.45) is 11.7 Å². The molecule has 0 aliphatic heterocycles. The van der Waals surface area contributed by atoms with Crippen LogP contribution in [0.3, 0.4) is 0 Å². The molecule has 1 aliphatic carbocycles. The molecule has 1 aliphatic rings. The first kappa shape index (κ1) is 12.9. The summed E-state index contributed by atoms with van der Waals surface area (Å²) < 4.78 is 1.11. The molecule has 0 heterocycles. The highest BCUT2D eigenvalue weighted by Gasteiger charge is 2.37. The third-order valence-electron chi connectivity index (χ3n) is 3.93. The van der Waals surface area contributed by atoms with E-state index in [0.29, 0.717) is 0 Å². The molecular formula is C14H21BrN2. The van der Waals surface area contributed by atoms with Gasteiger partial charge in [0, 0.05) is 22.2 Å². The number of rotatable bonds is 4. The van der Waals surface area contributed by atoms with Gasteiger partial charge in [0.15, 0.2) is 0 Å². The smallest absolute Gasteiger partial charge is 0.0498 e. The lowest BCUT2D eigenvalue weighted by atomic mass is 9.94. The van der Waals surface area contributed by atoms with Gasteiger partial charge in [-0.25, -0.2) is 0 Å². The Morgan fingerprint density at radius 1 is 1.41 bits per heavy atom. The molecular weight excluding hydrogens is 276 g/mol. The lowest BCUT2D eigenvalue weighted by Crippen LogP contribution is -2.43. The van der Waals surface area contributed by atoms with Crippen molar-refractivity contribution < 1.29 is 0 Å². The average Bonchev–Trinajstić information content (AvgIpc) is 2.76. The zero-order chi connectivity index (χ0) is 12.3. The van der Waals surface area contributed by atoms with Gasteiger partial charge in [-0.2, -0.15) is 0 Å². The van der Waals surface area contributed by atoms with E-state index in [9.17, 15) is 0 Å². The molecule has 2 rings (SSSR count). The van der Waals surface area contributed by atoms with Gasteiger partial charge in [0.25, 0.3) is 0 Å². The zero-order valence-corrected chi connectivity index (χ0v) is 12.0. The summed E-state index contributed by atoms with van der Waals surface area (Å²) in [5, 5.41) is 3.65. The fourth-order valence-corrected chi connectivity index (χ4v) is 3.04. The molecule has 1 saturated carbocycles. The molecule has 0 spiro atoms. The van der Waals surface area contributed by atoms with E-state index >= 15 is 0 Å². The van der Waals surface area contributed by atoms with E-state index in [1.807, 2.05) is 0 Å². The Labute approximate surface area is 112 Å². The van der Waals surface area contributed by atoms with E-state index in [2.05, 4.69) is 52.4 Å². The van der Waals surface area contributed by atoms with E-state index in [0.717, 1.165) is 16.9 Å². The van der Waals surface area contributed by atoms with Crippen LogP contribution in [0.5, 0.6) is 0 Å². The Hall–Kier alpha value is -0.540. The van der Waals surface area contributed by atoms with Crippen molar-refractivity contribution in [3.05, 3.63) is 28.7 Å². The average molecular weight is 297 g/mol. The summed E-state index contributed by atoms with van der Waals surface area (Å²) in [4.78, 5) is 0. The first-order valence-corrected chi connectivity index (χ1v) is 7.20. The lowest BCUT2D eigenvalue weighted by Gasteiger charge is -2.30. The van der Waals surface area contributed by atoms with Gasteiger partial charge in [0.05, 0.1) is 0 Å². The van der Waals surface area contributed by atoms with E-state index in [1.165, 1.54) is 31.4 Å². The third-order valence-corrected chi connectivity index (χ3v) is 4.46. The minimum atomic E-state index is 0.120. The van der Waals surface area contributed by atoms with E-state index in [1.54, 1.807) is 0 Å². The van der Waals surface area contributed by atoms with Crippen LogP contribution in [-0.4, -0.2) is 12.1 Å². The highest BCUT2D eigenvalue weighted by atomic mass is 79.9. The van der Waals surface area contributed by atoms with Crippen molar-refractivity contribution in [2.75, 3.05) is 11.9 Å². The first-order valence-electron chi connectivity index (χ1n) is 6.41. The Balaban J connectivity index is 2.07. The van der Waals surface area contributed by atoms with Crippen LogP contribution in [0.1, 0.15) is 32.6 Å². The summed E-state index contributed by atoms with van der Waals surface area (Å²) in [7, 11) is 0. The van der Waals surface area contributed by atoms with Gasteiger partial charge in [0.2, 0.25) is 0 Å². The predicted molar refractivity (Wildman–Crippen MR) is 77.2 cm³/mol. The zero-order valence-electron chi connectivity index (χ0n) is 10.4. The standard InChI is InChI=1S/C14H21BrN2/c1-2-11-7-8-14(9-11,10-16)17-13-5-3-12(15)4-6-13/h3-6,11,17H,2,7-10,16H2,1H3. The van der Waals surface area contributed by atoms with Gasteiger partial charge >= 0.3 is 0 Å². The van der Waals surface area contributed by atoms with Crippen LogP contribution in [0.15, 0.2) is 28.7 Å². The molecule has 0 amide bonds. The number of hydrogen-bond acceptors (Lipinski definition) is 2. The number of anilines is 1. The monoisotopic (exact) mass is 296 g/mol. The van der Waals surface area contributed by atoms with Gasteiger partial charge in [-0.05, 0) is 49.4 Å². The molecule has 0 bridgehead atoms. The van der Waals surface area contributed by atoms with Crippen molar-refractivity contribution in [3.8, 4) is 0 Å². The molecule has 1 aromatic carbocycles. The van der Waals surface area contributed by atoms with E-state index in [-0.39, 0.29) is 5.54 Å². The maximum absolute atomic E-state index is 5.99. The second-order valence-corrected chi connectivity index (χ2v) is 6.05. The fraction of sp³-hybridized carbons (Fsp3) is 0.571. The van der Waals surface area contributed by atoms with Crippen LogP contribution < -0.4 is 11.1 Å². The van der Waals surface area contributed by atoms with E-state index < -0.39 is 0 Å². The normalized spacial score (nSPS) is 28.3. The molecule has 1 fully saturated rings. The van der Waals surface area contributed by atoms with Crippen LogP contribution in [0.25, 0.3) is 0 Å². The maximum Gasteiger partial charge on any atom is 0.0498 e. The van der Waals surface area contributed by atoms with Crippen molar-refractivity contribution in [1.29, 1.82) is 0 Å². The minimum absolute atomic E-state index is 0.120. The quantitative estimate of drug-likeness (QED) is 0.888. The number of hydrogen-bond donors (Lipinski definition) is 2. The minimum Gasteiger partial charge on any atom is -0.378 e. The molecule has 2 unspecified atom stereocenters. The molecule has 1 aromatic rings. The molecule has 0 radical (unpaired) electrons. The third kappa shape index (κ3) is 3.02.